The van der Waals surface area contributed by atoms with E-state index in [0.717, 1.165) is 10.2 Å². The summed E-state index contributed by atoms with van der Waals surface area (Å²) in [7, 11) is 1.57. The largest absolute Gasteiger partial charge is 0.496 e. The van der Waals surface area contributed by atoms with Crippen molar-refractivity contribution in [3.8, 4) is 5.75 Å². The average molecular weight is 407 g/mol. The zero-order chi connectivity index (χ0) is 17.3. The molecule has 1 heterocycles. The lowest BCUT2D eigenvalue weighted by Crippen LogP contribution is -2.12. The molecule has 0 aliphatic carbocycles. The summed E-state index contributed by atoms with van der Waals surface area (Å²) in [6, 6.07) is 10.6. The molecule has 1 aromatic heterocycles. The molecule has 0 unspecified atom stereocenters. The van der Waals surface area contributed by atoms with Crippen molar-refractivity contribution in [2.75, 3.05) is 12.4 Å². The van der Waals surface area contributed by atoms with Gasteiger partial charge in [-0.1, -0.05) is 11.3 Å². The molecule has 24 heavy (non-hydrogen) atoms. The number of thiazole rings is 1. The van der Waals surface area contributed by atoms with Gasteiger partial charge in [0.05, 0.1) is 21.8 Å². The second-order valence-electron chi connectivity index (χ2n) is 5.10. The Kier molecular flexibility index (Phi) is 4.73. The first kappa shape index (κ1) is 16.7. The van der Waals surface area contributed by atoms with E-state index < -0.39 is 0 Å². The van der Waals surface area contributed by atoms with E-state index in [1.54, 1.807) is 35.9 Å². The SMILES string of the molecule is CCn1c(=O)sc2cc(NC(=O)c3ccc(OC)c(Br)c3)ccc21. The fourth-order valence-electron chi connectivity index (χ4n) is 2.45. The molecule has 0 saturated heterocycles. The number of hydrogen-bond donors (Lipinski definition) is 1. The average Bonchev–Trinajstić information content (AvgIpc) is 2.88. The van der Waals surface area contributed by atoms with Gasteiger partial charge in [-0.25, -0.2) is 0 Å². The van der Waals surface area contributed by atoms with Crippen molar-refractivity contribution in [2.45, 2.75) is 13.5 Å². The molecule has 7 heteroatoms. The Morgan fingerprint density at radius 2 is 2.08 bits per heavy atom. The number of anilines is 1. The van der Waals surface area contributed by atoms with Crippen LogP contribution < -0.4 is 14.9 Å². The molecule has 0 aliphatic rings. The van der Waals surface area contributed by atoms with Crippen LogP contribution in [0.15, 0.2) is 45.7 Å². The molecule has 0 saturated carbocycles. The second kappa shape index (κ2) is 6.78. The van der Waals surface area contributed by atoms with Gasteiger partial charge >= 0.3 is 4.87 Å². The summed E-state index contributed by atoms with van der Waals surface area (Å²) < 4.78 is 8.45. The molecule has 0 bridgehead atoms. The van der Waals surface area contributed by atoms with Crippen molar-refractivity contribution in [3.63, 3.8) is 0 Å². The molecule has 0 spiro atoms. The minimum atomic E-state index is -0.222. The number of nitrogens with one attached hydrogen (secondary N) is 1. The Hall–Kier alpha value is -2.12. The highest BCUT2D eigenvalue weighted by Crippen LogP contribution is 2.26. The summed E-state index contributed by atoms with van der Waals surface area (Å²) in [6.07, 6.45) is 0. The van der Waals surface area contributed by atoms with Crippen LogP contribution in [-0.4, -0.2) is 17.6 Å². The topological polar surface area (TPSA) is 60.3 Å². The monoisotopic (exact) mass is 406 g/mol. The van der Waals surface area contributed by atoms with Crippen molar-refractivity contribution < 1.29 is 9.53 Å². The number of aromatic nitrogens is 1. The lowest BCUT2D eigenvalue weighted by Gasteiger charge is -2.08. The van der Waals surface area contributed by atoms with Crippen LogP contribution in [0.3, 0.4) is 0 Å². The quantitative estimate of drug-likeness (QED) is 0.708. The van der Waals surface area contributed by atoms with Crippen LogP contribution in [0.4, 0.5) is 5.69 Å². The first-order valence-electron chi connectivity index (χ1n) is 7.31. The first-order chi connectivity index (χ1) is 11.5. The zero-order valence-corrected chi connectivity index (χ0v) is 15.5. The van der Waals surface area contributed by atoms with Gasteiger partial charge in [0.15, 0.2) is 0 Å². The minimum Gasteiger partial charge on any atom is -0.496 e. The number of halogens is 1. The molecule has 0 fully saturated rings. The molecule has 3 aromatic rings. The summed E-state index contributed by atoms with van der Waals surface area (Å²) >= 11 is 4.55. The standard InChI is InChI=1S/C17H15BrN2O3S/c1-3-20-13-6-5-11(9-15(13)24-17(20)22)19-16(21)10-4-7-14(23-2)12(18)8-10/h4-9H,3H2,1-2H3,(H,19,21). The maximum atomic E-state index is 12.4. The summed E-state index contributed by atoms with van der Waals surface area (Å²) in [6.45, 7) is 2.56. The molecular weight excluding hydrogens is 392 g/mol. The van der Waals surface area contributed by atoms with Gasteiger partial charge in [-0.15, -0.1) is 0 Å². The highest BCUT2D eigenvalue weighted by atomic mass is 79.9. The number of benzene rings is 2. The molecule has 1 N–H and O–H groups in total. The van der Waals surface area contributed by atoms with Gasteiger partial charge in [0.2, 0.25) is 0 Å². The van der Waals surface area contributed by atoms with Crippen LogP contribution in [0.1, 0.15) is 17.3 Å². The number of amides is 1. The molecular formula is C17H15BrN2O3S. The third kappa shape index (κ3) is 3.09. The minimum absolute atomic E-state index is 0.00932. The first-order valence-corrected chi connectivity index (χ1v) is 8.92. The number of rotatable bonds is 4. The maximum absolute atomic E-state index is 12.4. The van der Waals surface area contributed by atoms with Gasteiger partial charge < -0.3 is 10.1 Å². The summed E-state index contributed by atoms with van der Waals surface area (Å²) in [5, 5.41) is 2.86. The Bertz CT molecular complexity index is 978. The fraction of sp³-hybridized carbons (Fsp3) is 0.176. The van der Waals surface area contributed by atoms with E-state index >= 15 is 0 Å². The number of ether oxygens (including phenoxy) is 1. The molecule has 1 amide bonds. The van der Waals surface area contributed by atoms with Crippen molar-refractivity contribution in [3.05, 3.63) is 56.1 Å². The number of fused-ring (bicyclic) bond motifs is 1. The van der Waals surface area contributed by atoms with Gasteiger partial charge in [0.25, 0.3) is 5.91 Å². The lowest BCUT2D eigenvalue weighted by molar-refractivity contribution is 0.102. The van der Waals surface area contributed by atoms with Crippen molar-refractivity contribution in [1.82, 2.24) is 4.57 Å². The molecule has 5 nitrogen and oxygen atoms in total. The van der Waals surface area contributed by atoms with E-state index in [-0.39, 0.29) is 10.8 Å². The lowest BCUT2D eigenvalue weighted by atomic mass is 10.2. The second-order valence-corrected chi connectivity index (χ2v) is 6.95. The number of nitrogens with zero attached hydrogens (tertiary/aromatic N) is 1. The molecule has 124 valence electrons. The third-order valence-electron chi connectivity index (χ3n) is 3.66. The Morgan fingerprint density at radius 1 is 1.29 bits per heavy atom. The van der Waals surface area contributed by atoms with Crippen LogP contribution in [0.2, 0.25) is 0 Å². The van der Waals surface area contributed by atoms with Crippen LogP contribution in [0, 0.1) is 0 Å². The number of carbonyl (C=O) groups excluding carboxylic acids is 1. The van der Waals surface area contributed by atoms with Gasteiger partial charge in [-0.05, 0) is 59.3 Å². The molecule has 3 rings (SSSR count). The Balaban J connectivity index is 1.88. The predicted molar refractivity (Wildman–Crippen MR) is 100 cm³/mol. The van der Waals surface area contributed by atoms with Crippen molar-refractivity contribution in [2.24, 2.45) is 0 Å². The fourth-order valence-corrected chi connectivity index (χ4v) is 3.99. The van der Waals surface area contributed by atoms with E-state index in [1.165, 1.54) is 11.3 Å². The maximum Gasteiger partial charge on any atom is 0.308 e. The number of carbonyl (C=O) groups is 1. The van der Waals surface area contributed by atoms with E-state index in [0.29, 0.717) is 28.0 Å². The zero-order valence-electron chi connectivity index (χ0n) is 13.1. The smallest absolute Gasteiger partial charge is 0.308 e. The highest BCUT2D eigenvalue weighted by molar-refractivity contribution is 9.10. The van der Waals surface area contributed by atoms with E-state index in [4.69, 9.17) is 4.74 Å². The number of aryl methyl sites for hydroxylation is 1. The van der Waals surface area contributed by atoms with Gasteiger partial charge in [-0.3, -0.25) is 14.2 Å². The van der Waals surface area contributed by atoms with Gasteiger partial charge in [0, 0.05) is 17.8 Å². The Labute approximate surface area is 151 Å². The molecule has 0 radical (unpaired) electrons. The van der Waals surface area contributed by atoms with Crippen molar-refractivity contribution >= 4 is 49.1 Å². The highest BCUT2D eigenvalue weighted by Gasteiger charge is 2.11. The molecule has 0 aliphatic heterocycles. The Morgan fingerprint density at radius 3 is 2.75 bits per heavy atom. The van der Waals surface area contributed by atoms with Gasteiger partial charge in [-0.2, -0.15) is 0 Å². The van der Waals surface area contributed by atoms with Crippen LogP contribution in [0.25, 0.3) is 10.2 Å². The summed E-state index contributed by atoms with van der Waals surface area (Å²) in [5.74, 6) is 0.443. The summed E-state index contributed by atoms with van der Waals surface area (Å²) in [5.41, 5.74) is 2.06. The van der Waals surface area contributed by atoms with Crippen molar-refractivity contribution in [1.29, 1.82) is 0 Å². The number of methoxy groups -OCH3 is 1. The van der Waals surface area contributed by atoms with Gasteiger partial charge in [0.1, 0.15) is 5.75 Å². The predicted octanol–water partition coefficient (Wildman–Crippen LogP) is 4.11. The normalized spacial score (nSPS) is 10.8. The van der Waals surface area contributed by atoms with E-state index in [9.17, 15) is 9.59 Å². The third-order valence-corrected chi connectivity index (χ3v) is 5.22. The molecule has 0 atom stereocenters. The molecule has 2 aromatic carbocycles. The van der Waals surface area contributed by atoms with E-state index in [2.05, 4.69) is 21.2 Å². The van der Waals surface area contributed by atoms with Crippen LogP contribution in [-0.2, 0) is 6.54 Å². The van der Waals surface area contributed by atoms with Crippen LogP contribution >= 0.6 is 27.3 Å². The number of hydrogen-bond acceptors (Lipinski definition) is 4. The van der Waals surface area contributed by atoms with E-state index in [1.807, 2.05) is 19.1 Å². The summed E-state index contributed by atoms with van der Waals surface area (Å²) in [4.78, 5) is 24.3. The van der Waals surface area contributed by atoms with Crippen LogP contribution in [0.5, 0.6) is 5.75 Å².